The lowest BCUT2D eigenvalue weighted by Crippen LogP contribution is -2.23. The molecule has 1 N–H and O–H groups in total. The Morgan fingerprint density at radius 3 is 2.74 bits per heavy atom. The summed E-state index contributed by atoms with van der Waals surface area (Å²) in [6.07, 6.45) is 1.75. The topological polar surface area (TPSA) is 37.8 Å². The number of nitrogens with one attached hydrogen (secondary N) is 1. The molecule has 5 heteroatoms. The van der Waals surface area contributed by atoms with Crippen molar-refractivity contribution in [1.29, 1.82) is 0 Å². The molecular formula is C14H15Cl2N3. The fraction of sp³-hybridized carbons (Fsp3) is 0.286. The lowest BCUT2D eigenvalue weighted by molar-refractivity contribution is 0.612. The first-order valence-electron chi connectivity index (χ1n) is 6.10. The summed E-state index contributed by atoms with van der Waals surface area (Å²) in [6, 6.07) is 7.43. The van der Waals surface area contributed by atoms with Crippen LogP contribution in [0.1, 0.15) is 30.0 Å². The first kappa shape index (κ1) is 14.3. The highest BCUT2D eigenvalue weighted by Crippen LogP contribution is 2.32. The standard InChI is InChI=1S/C14H15Cl2N3/c1-3-17-14(12-7-8-18-9(2)19-12)10-5-4-6-11(15)13(10)16/h4-8,14,17H,3H2,1-2H3. The van der Waals surface area contributed by atoms with Crippen molar-refractivity contribution in [3.8, 4) is 0 Å². The largest absolute Gasteiger partial charge is 0.305 e. The number of hydrogen-bond acceptors (Lipinski definition) is 3. The molecular weight excluding hydrogens is 281 g/mol. The van der Waals surface area contributed by atoms with Crippen molar-refractivity contribution in [3.63, 3.8) is 0 Å². The van der Waals surface area contributed by atoms with Crippen LogP contribution in [0, 0.1) is 6.92 Å². The highest BCUT2D eigenvalue weighted by atomic mass is 35.5. The SMILES string of the molecule is CCNC(c1ccnc(C)n1)c1cccc(Cl)c1Cl. The predicted octanol–water partition coefficient (Wildman–Crippen LogP) is 3.79. The Hall–Kier alpha value is -1.16. The van der Waals surface area contributed by atoms with Gasteiger partial charge >= 0.3 is 0 Å². The molecule has 2 rings (SSSR count). The molecule has 0 spiro atoms. The number of halogens is 2. The van der Waals surface area contributed by atoms with Crippen molar-refractivity contribution >= 4 is 23.2 Å². The number of aromatic nitrogens is 2. The average molecular weight is 296 g/mol. The van der Waals surface area contributed by atoms with E-state index in [0.717, 1.165) is 23.6 Å². The van der Waals surface area contributed by atoms with Gasteiger partial charge in [-0.05, 0) is 31.2 Å². The zero-order chi connectivity index (χ0) is 13.8. The van der Waals surface area contributed by atoms with E-state index >= 15 is 0 Å². The van der Waals surface area contributed by atoms with Crippen LogP contribution >= 0.6 is 23.2 Å². The van der Waals surface area contributed by atoms with Crippen molar-refractivity contribution in [2.24, 2.45) is 0 Å². The number of benzene rings is 1. The van der Waals surface area contributed by atoms with Gasteiger partial charge in [-0.2, -0.15) is 0 Å². The van der Waals surface area contributed by atoms with Gasteiger partial charge in [-0.1, -0.05) is 42.3 Å². The molecule has 0 aliphatic rings. The summed E-state index contributed by atoms with van der Waals surface area (Å²) >= 11 is 12.4. The summed E-state index contributed by atoms with van der Waals surface area (Å²) in [4.78, 5) is 8.58. The number of nitrogens with zero attached hydrogens (tertiary/aromatic N) is 2. The van der Waals surface area contributed by atoms with Gasteiger partial charge in [-0.25, -0.2) is 9.97 Å². The molecule has 19 heavy (non-hydrogen) atoms. The van der Waals surface area contributed by atoms with Crippen LogP contribution in [0.5, 0.6) is 0 Å². The van der Waals surface area contributed by atoms with Crippen molar-refractivity contribution in [2.75, 3.05) is 6.54 Å². The molecule has 2 aromatic rings. The second-order valence-corrected chi connectivity index (χ2v) is 4.95. The normalized spacial score (nSPS) is 12.4. The summed E-state index contributed by atoms with van der Waals surface area (Å²) in [5.74, 6) is 0.735. The van der Waals surface area contributed by atoms with Gasteiger partial charge in [0.05, 0.1) is 21.8 Å². The van der Waals surface area contributed by atoms with Crippen LogP contribution < -0.4 is 5.32 Å². The maximum absolute atomic E-state index is 6.30. The van der Waals surface area contributed by atoms with E-state index in [1.165, 1.54) is 0 Å². The molecule has 0 saturated heterocycles. The van der Waals surface area contributed by atoms with E-state index in [1.807, 2.05) is 32.0 Å². The van der Waals surface area contributed by atoms with Crippen molar-refractivity contribution < 1.29 is 0 Å². The van der Waals surface area contributed by atoms with E-state index in [9.17, 15) is 0 Å². The maximum atomic E-state index is 6.30. The molecule has 0 amide bonds. The Morgan fingerprint density at radius 2 is 2.05 bits per heavy atom. The van der Waals surface area contributed by atoms with Crippen LogP contribution in [0.15, 0.2) is 30.5 Å². The molecule has 3 nitrogen and oxygen atoms in total. The third kappa shape index (κ3) is 3.24. The smallest absolute Gasteiger partial charge is 0.125 e. The second-order valence-electron chi connectivity index (χ2n) is 4.16. The summed E-state index contributed by atoms with van der Waals surface area (Å²) < 4.78 is 0. The Bertz CT molecular complexity index is 572. The van der Waals surface area contributed by atoms with Gasteiger partial charge in [-0.3, -0.25) is 0 Å². The van der Waals surface area contributed by atoms with E-state index < -0.39 is 0 Å². The van der Waals surface area contributed by atoms with Crippen LogP contribution in [-0.2, 0) is 0 Å². The first-order chi connectivity index (χ1) is 9.13. The van der Waals surface area contributed by atoms with Crippen molar-refractivity contribution in [3.05, 3.63) is 57.6 Å². The van der Waals surface area contributed by atoms with E-state index in [1.54, 1.807) is 12.3 Å². The molecule has 100 valence electrons. The molecule has 0 radical (unpaired) electrons. The molecule has 0 saturated carbocycles. The summed E-state index contributed by atoms with van der Waals surface area (Å²) in [5, 5.41) is 4.49. The molecule has 0 fully saturated rings. The molecule has 0 aliphatic heterocycles. The van der Waals surface area contributed by atoms with E-state index in [2.05, 4.69) is 15.3 Å². The van der Waals surface area contributed by atoms with Crippen LogP contribution in [0.3, 0.4) is 0 Å². The third-order valence-electron chi connectivity index (χ3n) is 2.79. The zero-order valence-electron chi connectivity index (χ0n) is 10.8. The molecule has 1 heterocycles. The minimum absolute atomic E-state index is 0.0853. The first-order valence-corrected chi connectivity index (χ1v) is 6.86. The monoisotopic (exact) mass is 295 g/mol. The summed E-state index contributed by atoms with van der Waals surface area (Å²) in [5.41, 5.74) is 1.81. The van der Waals surface area contributed by atoms with Crippen LogP contribution in [0.4, 0.5) is 0 Å². The molecule has 1 atom stereocenters. The number of hydrogen-bond donors (Lipinski definition) is 1. The van der Waals surface area contributed by atoms with Gasteiger partial charge in [-0.15, -0.1) is 0 Å². The Labute approximate surface area is 123 Å². The minimum Gasteiger partial charge on any atom is -0.305 e. The maximum Gasteiger partial charge on any atom is 0.125 e. The molecule has 0 aliphatic carbocycles. The summed E-state index contributed by atoms with van der Waals surface area (Å²) in [7, 11) is 0. The predicted molar refractivity (Wildman–Crippen MR) is 78.8 cm³/mol. The minimum atomic E-state index is -0.0853. The van der Waals surface area contributed by atoms with Gasteiger partial charge in [0.25, 0.3) is 0 Å². The zero-order valence-corrected chi connectivity index (χ0v) is 12.3. The molecule has 1 unspecified atom stereocenters. The van der Waals surface area contributed by atoms with Crippen LogP contribution in [0.25, 0.3) is 0 Å². The van der Waals surface area contributed by atoms with Gasteiger partial charge in [0.15, 0.2) is 0 Å². The van der Waals surface area contributed by atoms with E-state index in [-0.39, 0.29) is 6.04 Å². The quantitative estimate of drug-likeness (QED) is 0.932. The number of aryl methyl sites for hydroxylation is 1. The second kappa shape index (κ2) is 6.33. The summed E-state index contributed by atoms with van der Waals surface area (Å²) in [6.45, 7) is 4.71. The fourth-order valence-electron chi connectivity index (χ4n) is 1.96. The Balaban J connectivity index is 2.48. The van der Waals surface area contributed by atoms with E-state index in [0.29, 0.717) is 10.0 Å². The van der Waals surface area contributed by atoms with Crippen molar-refractivity contribution in [1.82, 2.24) is 15.3 Å². The Morgan fingerprint density at radius 1 is 1.26 bits per heavy atom. The van der Waals surface area contributed by atoms with Gasteiger partial charge in [0.1, 0.15) is 5.82 Å². The van der Waals surface area contributed by atoms with Crippen molar-refractivity contribution in [2.45, 2.75) is 19.9 Å². The molecule has 1 aromatic heterocycles. The lowest BCUT2D eigenvalue weighted by atomic mass is 10.0. The van der Waals surface area contributed by atoms with Crippen LogP contribution in [0.2, 0.25) is 10.0 Å². The fourth-order valence-corrected chi connectivity index (χ4v) is 2.37. The Kier molecular flexibility index (Phi) is 4.75. The molecule has 0 bridgehead atoms. The molecule has 1 aromatic carbocycles. The van der Waals surface area contributed by atoms with Gasteiger partial charge in [0.2, 0.25) is 0 Å². The van der Waals surface area contributed by atoms with Crippen LogP contribution in [-0.4, -0.2) is 16.5 Å². The van der Waals surface area contributed by atoms with E-state index in [4.69, 9.17) is 23.2 Å². The van der Waals surface area contributed by atoms with Gasteiger partial charge < -0.3 is 5.32 Å². The van der Waals surface area contributed by atoms with Gasteiger partial charge in [0, 0.05) is 6.20 Å². The number of rotatable bonds is 4. The highest BCUT2D eigenvalue weighted by molar-refractivity contribution is 6.42. The highest BCUT2D eigenvalue weighted by Gasteiger charge is 2.18. The third-order valence-corrected chi connectivity index (χ3v) is 3.63. The average Bonchev–Trinajstić information content (AvgIpc) is 2.40. The lowest BCUT2D eigenvalue weighted by Gasteiger charge is -2.19.